The Hall–Kier alpha value is -0.860. The van der Waals surface area contributed by atoms with E-state index in [2.05, 4.69) is 5.32 Å². The molecule has 0 aromatic rings. The van der Waals surface area contributed by atoms with E-state index in [-0.39, 0.29) is 5.91 Å². The van der Waals surface area contributed by atoms with Crippen LogP contribution in [-0.4, -0.2) is 12.3 Å². The average Bonchev–Trinajstić information content (AvgIpc) is 2.05. The highest BCUT2D eigenvalue weighted by Gasteiger charge is 1.95. The van der Waals surface area contributed by atoms with Crippen molar-refractivity contribution in [3.63, 3.8) is 0 Å². The van der Waals surface area contributed by atoms with Crippen molar-refractivity contribution in [2.45, 2.75) is 40.0 Å². The molecule has 0 aromatic carbocycles. The Labute approximate surface area is 68.2 Å². The van der Waals surface area contributed by atoms with Gasteiger partial charge in [-0.1, -0.05) is 27.2 Å². The predicted molar refractivity (Wildman–Crippen MR) is 45.1 cm³/mol. The van der Waals surface area contributed by atoms with E-state index in [0.29, 0.717) is 12.8 Å². The maximum atomic E-state index is 10.5. The molecule has 0 fully saturated rings. The van der Waals surface area contributed by atoms with E-state index < -0.39 is 0 Å². The molecule has 0 saturated carbocycles. The second-order valence-corrected chi connectivity index (χ2v) is 1.79. The van der Waals surface area contributed by atoms with Gasteiger partial charge in [0.25, 0.3) is 0 Å². The summed E-state index contributed by atoms with van der Waals surface area (Å²) in [4.78, 5) is 20.1. The maximum absolute atomic E-state index is 10.5. The molecular weight excluding hydrogens is 142 g/mol. The van der Waals surface area contributed by atoms with Gasteiger partial charge in [0.15, 0.2) is 0 Å². The molecule has 0 aliphatic rings. The van der Waals surface area contributed by atoms with Crippen molar-refractivity contribution >= 4 is 12.3 Å². The molecule has 66 valence electrons. The van der Waals surface area contributed by atoms with Crippen LogP contribution in [0.1, 0.15) is 40.0 Å². The van der Waals surface area contributed by atoms with Crippen molar-refractivity contribution in [3.05, 3.63) is 0 Å². The van der Waals surface area contributed by atoms with Gasteiger partial charge >= 0.3 is 0 Å². The molecule has 0 radical (unpaired) electrons. The lowest BCUT2D eigenvalue weighted by molar-refractivity contribution is -0.125. The van der Waals surface area contributed by atoms with Gasteiger partial charge in [0.2, 0.25) is 12.3 Å². The minimum Gasteiger partial charge on any atom is -0.299 e. The quantitative estimate of drug-likeness (QED) is 0.631. The molecule has 0 unspecified atom stereocenters. The van der Waals surface area contributed by atoms with E-state index in [4.69, 9.17) is 0 Å². The fraction of sp³-hybridized carbons (Fsp3) is 0.750. The minimum atomic E-state index is -0.188. The molecule has 2 amide bonds. The van der Waals surface area contributed by atoms with Crippen LogP contribution in [0.2, 0.25) is 0 Å². The molecule has 0 bridgehead atoms. The minimum absolute atomic E-state index is 0.188. The Morgan fingerprint density at radius 1 is 1.45 bits per heavy atom. The highest BCUT2D eigenvalue weighted by atomic mass is 16.2. The summed E-state index contributed by atoms with van der Waals surface area (Å²) < 4.78 is 0. The van der Waals surface area contributed by atoms with Crippen LogP contribution in [0.5, 0.6) is 0 Å². The second-order valence-electron chi connectivity index (χ2n) is 1.79. The first kappa shape index (κ1) is 12.8. The van der Waals surface area contributed by atoms with Crippen molar-refractivity contribution < 1.29 is 9.59 Å². The zero-order valence-corrected chi connectivity index (χ0v) is 7.52. The van der Waals surface area contributed by atoms with E-state index in [9.17, 15) is 9.59 Å². The van der Waals surface area contributed by atoms with Gasteiger partial charge in [0, 0.05) is 6.42 Å². The third-order valence-electron chi connectivity index (χ3n) is 0.977. The number of imide groups is 1. The summed E-state index contributed by atoms with van der Waals surface area (Å²) in [5.74, 6) is -0.188. The lowest BCUT2D eigenvalue weighted by atomic mass is 10.2. The lowest BCUT2D eigenvalue weighted by Crippen LogP contribution is -2.20. The van der Waals surface area contributed by atoms with E-state index in [1.54, 1.807) is 0 Å². The number of hydrogen-bond donors (Lipinski definition) is 1. The molecule has 3 nitrogen and oxygen atoms in total. The first-order chi connectivity index (χ1) is 5.31. The van der Waals surface area contributed by atoms with Crippen LogP contribution in [0.25, 0.3) is 0 Å². The zero-order chi connectivity index (χ0) is 9.11. The number of carbonyl (C=O) groups excluding carboxylic acids is 2. The van der Waals surface area contributed by atoms with Crippen LogP contribution in [0, 0.1) is 0 Å². The Morgan fingerprint density at radius 3 is 2.36 bits per heavy atom. The van der Waals surface area contributed by atoms with E-state index >= 15 is 0 Å². The van der Waals surface area contributed by atoms with Crippen LogP contribution in [0.4, 0.5) is 0 Å². The predicted octanol–water partition coefficient (Wildman–Crippen LogP) is 1.48. The number of amides is 2. The monoisotopic (exact) mass is 159 g/mol. The third-order valence-corrected chi connectivity index (χ3v) is 0.977. The molecule has 0 rings (SSSR count). The Bertz CT molecular complexity index is 102. The summed E-state index contributed by atoms with van der Waals surface area (Å²) in [5, 5.41) is 2.06. The Balaban J connectivity index is 0. The van der Waals surface area contributed by atoms with Gasteiger partial charge in [-0.05, 0) is 6.42 Å². The number of rotatable bonds is 4. The summed E-state index contributed by atoms with van der Waals surface area (Å²) in [5.41, 5.74) is 0. The fourth-order valence-corrected chi connectivity index (χ4v) is 0.475. The average molecular weight is 159 g/mol. The summed E-state index contributed by atoms with van der Waals surface area (Å²) >= 11 is 0. The highest BCUT2D eigenvalue weighted by molar-refractivity contribution is 5.85. The number of nitrogens with one attached hydrogen (secondary N) is 1. The molecule has 0 aromatic heterocycles. The normalized spacial score (nSPS) is 7.55. The van der Waals surface area contributed by atoms with Gasteiger partial charge in [-0.3, -0.25) is 14.9 Å². The van der Waals surface area contributed by atoms with Crippen molar-refractivity contribution in [2.75, 3.05) is 0 Å². The van der Waals surface area contributed by atoms with Gasteiger partial charge < -0.3 is 0 Å². The summed E-state index contributed by atoms with van der Waals surface area (Å²) in [6.45, 7) is 5.99. The van der Waals surface area contributed by atoms with Crippen molar-refractivity contribution in [1.82, 2.24) is 5.32 Å². The summed E-state index contributed by atoms with van der Waals surface area (Å²) in [6, 6.07) is 0. The summed E-state index contributed by atoms with van der Waals surface area (Å²) in [6.07, 6.45) is 2.69. The van der Waals surface area contributed by atoms with Crippen LogP contribution in [-0.2, 0) is 9.59 Å². The Kier molecular flexibility index (Phi) is 13.8. The van der Waals surface area contributed by atoms with Crippen LogP contribution in [0.3, 0.4) is 0 Å². The van der Waals surface area contributed by atoms with Crippen LogP contribution < -0.4 is 5.32 Å². The molecule has 0 saturated heterocycles. The molecule has 0 heterocycles. The number of unbranched alkanes of at least 4 members (excludes halogenated alkanes) is 1. The standard InChI is InChI=1S/C6H11NO2.C2H6/c1-2-3-4-6(9)7-5-8;1-2/h5H,2-4H2,1H3,(H,7,8,9);1-2H3. The highest BCUT2D eigenvalue weighted by Crippen LogP contribution is 1.91. The second kappa shape index (κ2) is 11.9. The van der Waals surface area contributed by atoms with Crippen LogP contribution in [0.15, 0.2) is 0 Å². The molecular formula is C8H17NO2. The molecule has 0 aliphatic heterocycles. The molecule has 0 aliphatic carbocycles. The van der Waals surface area contributed by atoms with Gasteiger partial charge in [-0.2, -0.15) is 0 Å². The molecule has 0 spiro atoms. The smallest absolute Gasteiger partial charge is 0.226 e. The molecule has 3 heteroatoms. The zero-order valence-electron chi connectivity index (χ0n) is 7.52. The van der Waals surface area contributed by atoms with E-state index in [1.165, 1.54) is 0 Å². The first-order valence-electron chi connectivity index (χ1n) is 4.04. The third kappa shape index (κ3) is 12.4. The van der Waals surface area contributed by atoms with Crippen molar-refractivity contribution in [3.8, 4) is 0 Å². The SMILES string of the molecule is CC.CCCCC(=O)NC=O. The van der Waals surface area contributed by atoms with E-state index in [1.807, 2.05) is 20.8 Å². The number of hydrogen-bond acceptors (Lipinski definition) is 2. The van der Waals surface area contributed by atoms with Gasteiger partial charge in [0.1, 0.15) is 0 Å². The first-order valence-corrected chi connectivity index (χ1v) is 4.04. The lowest BCUT2D eigenvalue weighted by Gasteiger charge is -1.93. The van der Waals surface area contributed by atoms with E-state index in [0.717, 1.165) is 12.8 Å². The Morgan fingerprint density at radius 2 is 2.00 bits per heavy atom. The van der Waals surface area contributed by atoms with Gasteiger partial charge in [0.05, 0.1) is 0 Å². The van der Waals surface area contributed by atoms with Gasteiger partial charge in [-0.15, -0.1) is 0 Å². The van der Waals surface area contributed by atoms with Crippen molar-refractivity contribution in [1.29, 1.82) is 0 Å². The molecule has 0 atom stereocenters. The molecule has 11 heavy (non-hydrogen) atoms. The number of carbonyl (C=O) groups is 2. The maximum Gasteiger partial charge on any atom is 0.226 e. The fourth-order valence-electron chi connectivity index (χ4n) is 0.475. The van der Waals surface area contributed by atoms with Crippen molar-refractivity contribution in [2.24, 2.45) is 0 Å². The summed E-state index contributed by atoms with van der Waals surface area (Å²) in [7, 11) is 0. The topological polar surface area (TPSA) is 46.2 Å². The molecule has 1 N–H and O–H groups in total. The van der Waals surface area contributed by atoms with Crippen LogP contribution >= 0.6 is 0 Å². The van der Waals surface area contributed by atoms with Gasteiger partial charge in [-0.25, -0.2) is 0 Å². The largest absolute Gasteiger partial charge is 0.299 e.